The zero-order chi connectivity index (χ0) is 8.93. The first-order valence-electron chi connectivity index (χ1n) is 3.97. The van der Waals surface area contributed by atoms with Crippen LogP contribution in [0.25, 0.3) is 0 Å². The highest BCUT2D eigenvalue weighted by atomic mass is 15.2. The van der Waals surface area contributed by atoms with Gasteiger partial charge in [0.05, 0.1) is 0 Å². The molecule has 3 nitrogen and oxygen atoms in total. The maximum atomic E-state index is 3.86. The number of benzene rings is 1. The van der Waals surface area contributed by atoms with Gasteiger partial charge in [-0.15, -0.1) is 10.2 Å². The zero-order valence-electron chi connectivity index (χ0n) is 6.94. The lowest BCUT2D eigenvalue weighted by atomic mass is 10.3. The van der Waals surface area contributed by atoms with Crippen molar-refractivity contribution in [3.05, 3.63) is 48.7 Å². The fraction of sp³-hybridized carbons (Fsp3) is 0. The molecule has 0 spiro atoms. The number of rotatable bonds is 2. The number of hydrogen-bond acceptors (Lipinski definition) is 3. The molecule has 0 fully saturated rings. The van der Waals surface area contributed by atoms with Crippen molar-refractivity contribution < 1.29 is 0 Å². The summed E-state index contributed by atoms with van der Waals surface area (Å²) in [5, 5.41) is 10.6. The topological polar surface area (TPSA) is 37.8 Å². The van der Waals surface area contributed by atoms with Crippen molar-refractivity contribution >= 4 is 11.5 Å². The highest BCUT2D eigenvalue weighted by Gasteiger charge is 1.92. The first kappa shape index (κ1) is 7.73. The summed E-state index contributed by atoms with van der Waals surface area (Å²) in [6, 6.07) is 13.4. The van der Waals surface area contributed by atoms with Gasteiger partial charge in [0.15, 0.2) is 5.82 Å². The molecule has 13 heavy (non-hydrogen) atoms. The van der Waals surface area contributed by atoms with Crippen molar-refractivity contribution in [1.82, 2.24) is 10.2 Å². The monoisotopic (exact) mass is 170 g/mol. The minimum atomic E-state index is 0.727. The van der Waals surface area contributed by atoms with E-state index in [1.54, 1.807) is 6.07 Å². The lowest BCUT2D eigenvalue weighted by molar-refractivity contribution is 1.03. The lowest BCUT2D eigenvalue weighted by Gasteiger charge is -2.02. The number of anilines is 2. The van der Waals surface area contributed by atoms with Crippen LogP contribution in [0.5, 0.6) is 0 Å². The van der Waals surface area contributed by atoms with Crippen LogP contribution in [-0.2, 0) is 0 Å². The Hall–Kier alpha value is -1.90. The van der Waals surface area contributed by atoms with Gasteiger partial charge in [0.25, 0.3) is 0 Å². The second kappa shape index (κ2) is 3.67. The van der Waals surface area contributed by atoms with Gasteiger partial charge in [-0.2, -0.15) is 0 Å². The third-order valence-corrected chi connectivity index (χ3v) is 1.58. The molecule has 63 valence electrons. The van der Waals surface area contributed by atoms with E-state index in [2.05, 4.69) is 21.7 Å². The van der Waals surface area contributed by atoms with E-state index in [1.165, 1.54) is 0 Å². The average molecular weight is 170 g/mol. The fourth-order valence-electron chi connectivity index (χ4n) is 1.00. The Kier molecular flexibility index (Phi) is 2.18. The van der Waals surface area contributed by atoms with E-state index >= 15 is 0 Å². The van der Waals surface area contributed by atoms with Gasteiger partial charge >= 0.3 is 0 Å². The van der Waals surface area contributed by atoms with Crippen LogP contribution in [0.1, 0.15) is 0 Å². The zero-order valence-corrected chi connectivity index (χ0v) is 6.94. The minimum absolute atomic E-state index is 0.727. The molecule has 0 amide bonds. The third kappa shape index (κ3) is 2.02. The van der Waals surface area contributed by atoms with Crippen LogP contribution in [0.2, 0.25) is 0 Å². The van der Waals surface area contributed by atoms with Crippen molar-refractivity contribution in [2.75, 3.05) is 5.32 Å². The smallest absolute Gasteiger partial charge is 0.153 e. The quantitative estimate of drug-likeness (QED) is 0.749. The first-order valence-corrected chi connectivity index (χ1v) is 3.97. The Morgan fingerprint density at radius 1 is 1.08 bits per heavy atom. The molecule has 0 aliphatic heterocycles. The number of nitrogens with one attached hydrogen (secondary N) is 1. The van der Waals surface area contributed by atoms with Gasteiger partial charge in [-0.05, 0) is 24.3 Å². The van der Waals surface area contributed by atoms with Gasteiger partial charge in [-0.1, -0.05) is 18.2 Å². The van der Waals surface area contributed by atoms with Crippen LogP contribution in [0.4, 0.5) is 11.5 Å². The van der Waals surface area contributed by atoms with Gasteiger partial charge in [0.1, 0.15) is 6.20 Å². The summed E-state index contributed by atoms with van der Waals surface area (Å²) >= 11 is 0. The number of aromatic nitrogens is 2. The molecule has 1 aromatic heterocycles. The molecule has 1 aromatic carbocycles. The third-order valence-electron chi connectivity index (χ3n) is 1.58. The summed E-state index contributed by atoms with van der Waals surface area (Å²) in [5.41, 5.74) is 1.00. The Labute approximate surface area is 76.4 Å². The van der Waals surface area contributed by atoms with Crippen molar-refractivity contribution in [1.29, 1.82) is 0 Å². The molecule has 0 saturated heterocycles. The summed E-state index contributed by atoms with van der Waals surface area (Å²) in [5.74, 6) is 0.727. The Morgan fingerprint density at radius 3 is 2.62 bits per heavy atom. The van der Waals surface area contributed by atoms with Gasteiger partial charge < -0.3 is 5.32 Å². The van der Waals surface area contributed by atoms with Crippen LogP contribution < -0.4 is 5.32 Å². The molecule has 1 heterocycles. The van der Waals surface area contributed by atoms with Crippen LogP contribution >= 0.6 is 0 Å². The van der Waals surface area contributed by atoms with Crippen molar-refractivity contribution in [2.24, 2.45) is 0 Å². The van der Waals surface area contributed by atoms with E-state index in [0.717, 1.165) is 11.5 Å². The van der Waals surface area contributed by atoms with Gasteiger partial charge in [0, 0.05) is 5.69 Å². The summed E-state index contributed by atoms with van der Waals surface area (Å²) in [6.07, 6.45) is 2.62. The van der Waals surface area contributed by atoms with Crippen molar-refractivity contribution in [3.63, 3.8) is 0 Å². The molecular weight excluding hydrogens is 162 g/mol. The van der Waals surface area contributed by atoms with E-state index in [-0.39, 0.29) is 0 Å². The maximum absolute atomic E-state index is 3.86. The highest BCUT2D eigenvalue weighted by molar-refractivity contribution is 5.54. The lowest BCUT2D eigenvalue weighted by Crippen LogP contribution is -1.93. The normalized spacial score (nSPS) is 9.54. The Balaban J connectivity index is 2.16. The van der Waals surface area contributed by atoms with Crippen molar-refractivity contribution in [2.45, 2.75) is 0 Å². The average Bonchev–Trinajstić information content (AvgIpc) is 2.21. The number of hydrogen-bond donors (Lipinski definition) is 1. The molecule has 1 N–H and O–H groups in total. The van der Waals surface area contributed by atoms with Gasteiger partial charge in [-0.3, -0.25) is 0 Å². The van der Waals surface area contributed by atoms with E-state index < -0.39 is 0 Å². The molecule has 0 aliphatic rings. The molecule has 1 radical (unpaired) electrons. The molecule has 0 aliphatic carbocycles. The standard InChI is InChI=1S/C10H8N3/c1-2-5-9(6-3-1)12-10-7-4-8-11-13-10/h1-7H,(H,12,13). The van der Waals surface area contributed by atoms with Crippen molar-refractivity contribution in [3.8, 4) is 0 Å². The van der Waals surface area contributed by atoms with Gasteiger partial charge in [0.2, 0.25) is 0 Å². The molecule has 2 aromatic rings. The molecule has 3 heteroatoms. The minimum Gasteiger partial charge on any atom is -0.339 e. The van der Waals surface area contributed by atoms with Crippen LogP contribution in [0.15, 0.2) is 42.5 Å². The second-order valence-electron chi connectivity index (χ2n) is 2.54. The summed E-state index contributed by atoms with van der Waals surface area (Å²) in [4.78, 5) is 0. The predicted octanol–water partition coefficient (Wildman–Crippen LogP) is 2.02. The summed E-state index contributed by atoms with van der Waals surface area (Å²) < 4.78 is 0. The summed E-state index contributed by atoms with van der Waals surface area (Å²) in [7, 11) is 0. The molecule has 0 atom stereocenters. The molecule has 2 rings (SSSR count). The number of para-hydroxylation sites is 1. The SMILES string of the molecule is [c]1ccc(Nc2ccccc2)nn1. The largest absolute Gasteiger partial charge is 0.339 e. The maximum Gasteiger partial charge on any atom is 0.153 e. The van der Waals surface area contributed by atoms with Crippen LogP contribution in [0.3, 0.4) is 0 Å². The van der Waals surface area contributed by atoms with E-state index in [1.807, 2.05) is 36.4 Å². The summed E-state index contributed by atoms with van der Waals surface area (Å²) in [6.45, 7) is 0. The second-order valence-corrected chi connectivity index (χ2v) is 2.54. The first-order chi connectivity index (χ1) is 6.45. The van der Waals surface area contributed by atoms with Crippen LogP contribution in [-0.4, -0.2) is 10.2 Å². The highest BCUT2D eigenvalue weighted by Crippen LogP contribution is 2.11. The Morgan fingerprint density at radius 2 is 1.92 bits per heavy atom. The van der Waals surface area contributed by atoms with E-state index in [4.69, 9.17) is 0 Å². The van der Waals surface area contributed by atoms with Crippen LogP contribution in [0, 0.1) is 6.20 Å². The number of nitrogens with zero attached hydrogens (tertiary/aromatic N) is 2. The molecule has 0 bridgehead atoms. The molecule has 0 saturated carbocycles. The fourth-order valence-corrected chi connectivity index (χ4v) is 1.00. The van der Waals surface area contributed by atoms with Gasteiger partial charge in [-0.25, -0.2) is 0 Å². The van der Waals surface area contributed by atoms with E-state index in [9.17, 15) is 0 Å². The van der Waals surface area contributed by atoms with E-state index in [0.29, 0.717) is 0 Å². The Bertz CT molecular complexity index is 321. The molecule has 0 unspecified atom stereocenters. The molecular formula is C10H8N3. The predicted molar refractivity (Wildman–Crippen MR) is 50.6 cm³/mol.